The SMILES string of the molecule is COC(=O)NC(C(=O)N1CCCC1c1ncc(-c2ccc3c(c2)OC(C(C)C)c2c-3[nH]c3ccc(-c4cnc(C5CCCN5C(=O)C(NC(=O)OC)C(C)C)[nH]4)cc23)[nH]1)C(C)C. The number of carbonyl (C=O) groups is 4. The van der Waals surface area contributed by atoms with E-state index in [0.717, 1.165) is 81.7 Å². The van der Waals surface area contributed by atoms with Gasteiger partial charge in [-0.1, -0.05) is 53.7 Å². The number of nitrogens with zero attached hydrogens (tertiary/aromatic N) is 4. The second kappa shape index (κ2) is 17.2. The molecule has 5 unspecified atom stereocenters. The topological polar surface area (TPSA) is 200 Å². The summed E-state index contributed by atoms with van der Waals surface area (Å²) < 4.78 is 16.5. The van der Waals surface area contributed by atoms with Crippen LogP contribution in [-0.2, 0) is 19.1 Å². The van der Waals surface area contributed by atoms with E-state index < -0.39 is 24.3 Å². The molecule has 8 rings (SSSR count). The van der Waals surface area contributed by atoms with Gasteiger partial charge in [0, 0.05) is 46.2 Å². The molecule has 62 heavy (non-hydrogen) atoms. The second-order valence-electron chi connectivity index (χ2n) is 17.6. The summed E-state index contributed by atoms with van der Waals surface area (Å²) >= 11 is 0. The average molecular weight is 848 g/mol. The fourth-order valence-electron chi connectivity index (χ4n) is 9.24. The van der Waals surface area contributed by atoms with Crippen LogP contribution < -0.4 is 15.4 Å². The van der Waals surface area contributed by atoms with Crippen molar-refractivity contribution >= 4 is 34.9 Å². The third-order valence-corrected chi connectivity index (χ3v) is 12.5. The number of fused-ring (bicyclic) bond motifs is 5. The Kier molecular flexibility index (Phi) is 11.8. The fourth-order valence-corrected chi connectivity index (χ4v) is 9.24. The van der Waals surface area contributed by atoms with Crippen molar-refractivity contribution in [1.82, 2.24) is 45.4 Å². The third kappa shape index (κ3) is 7.86. The van der Waals surface area contributed by atoms with Gasteiger partial charge in [0.2, 0.25) is 11.8 Å². The number of benzene rings is 2. The molecule has 6 heterocycles. The highest BCUT2D eigenvalue weighted by Crippen LogP contribution is 2.49. The minimum absolute atomic E-state index is 0.122. The molecule has 328 valence electrons. The zero-order valence-electron chi connectivity index (χ0n) is 36.6. The molecule has 0 bridgehead atoms. The van der Waals surface area contributed by atoms with E-state index >= 15 is 0 Å². The summed E-state index contributed by atoms with van der Waals surface area (Å²) in [5.41, 5.74) is 7.58. The van der Waals surface area contributed by atoms with Crippen LogP contribution in [0.5, 0.6) is 5.75 Å². The molecule has 4 amide bonds. The number of amides is 4. The number of rotatable bonds is 11. The normalized spacial score (nSPS) is 19.4. The predicted molar refractivity (Wildman–Crippen MR) is 233 cm³/mol. The van der Waals surface area contributed by atoms with Crippen molar-refractivity contribution in [1.29, 1.82) is 0 Å². The van der Waals surface area contributed by atoms with Crippen molar-refractivity contribution in [3.8, 4) is 39.5 Å². The van der Waals surface area contributed by atoms with Crippen LogP contribution in [-0.4, -0.2) is 98.1 Å². The highest BCUT2D eigenvalue weighted by molar-refractivity contribution is 5.96. The van der Waals surface area contributed by atoms with Gasteiger partial charge in [-0.05, 0) is 67.7 Å². The number of likely N-dealkylation sites (tertiary alicyclic amines) is 2. The Morgan fingerprint density at radius 3 is 1.74 bits per heavy atom. The van der Waals surface area contributed by atoms with Gasteiger partial charge in [0.05, 0.1) is 55.8 Å². The lowest BCUT2D eigenvalue weighted by molar-refractivity contribution is -0.136. The first-order chi connectivity index (χ1) is 29.8. The van der Waals surface area contributed by atoms with Crippen molar-refractivity contribution < 1.29 is 33.4 Å². The largest absolute Gasteiger partial charge is 0.485 e. The molecule has 5 N–H and O–H groups in total. The van der Waals surface area contributed by atoms with Crippen LogP contribution in [0, 0.1) is 17.8 Å². The van der Waals surface area contributed by atoms with Crippen LogP contribution in [0.2, 0.25) is 0 Å². The van der Waals surface area contributed by atoms with Crippen LogP contribution in [0.4, 0.5) is 9.59 Å². The Hall–Kier alpha value is -6.32. The molecular weight excluding hydrogens is 791 g/mol. The molecule has 5 aromatic rings. The molecule has 0 spiro atoms. The monoisotopic (exact) mass is 847 g/mol. The van der Waals surface area contributed by atoms with Gasteiger partial charge in [0.1, 0.15) is 35.6 Å². The number of hydrogen-bond acceptors (Lipinski definition) is 9. The number of methoxy groups -OCH3 is 2. The minimum atomic E-state index is -0.710. The van der Waals surface area contributed by atoms with E-state index in [-0.39, 0.29) is 47.8 Å². The Morgan fingerprint density at radius 2 is 1.24 bits per heavy atom. The molecule has 16 heteroatoms. The van der Waals surface area contributed by atoms with Crippen molar-refractivity contribution in [2.75, 3.05) is 27.3 Å². The number of aromatic nitrogens is 5. The minimum Gasteiger partial charge on any atom is -0.485 e. The zero-order valence-corrected chi connectivity index (χ0v) is 36.6. The van der Waals surface area contributed by atoms with Crippen molar-refractivity contribution in [2.45, 2.75) is 97.5 Å². The van der Waals surface area contributed by atoms with Crippen LogP contribution >= 0.6 is 0 Å². The van der Waals surface area contributed by atoms with E-state index in [9.17, 15) is 19.2 Å². The average Bonchev–Trinajstić information content (AvgIpc) is 4.12. The van der Waals surface area contributed by atoms with Crippen LogP contribution in [0.15, 0.2) is 48.8 Å². The van der Waals surface area contributed by atoms with Gasteiger partial charge in [0.15, 0.2) is 0 Å². The molecule has 3 aromatic heterocycles. The molecule has 16 nitrogen and oxygen atoms in total. The number of imidazole rings is 2. The van der Waals surface area contributed by atoms with E-state index in [1.165, 1.54) is 14.2 Å². The molecule has 2 fully saturated rings. The zero-order chi connectivity index (χ0) is 44.0. The molecule has 3 aliphatic heterocycles. The highest BCUT2D eigenvalue weighted by Gasteiger charge is 2.39. The molecule has 0 radical (unpaired) electrons. The van der Waals surface area contributed by atoms with E-state index in [4.69, 9.17) is 24.2 Å². The second-order valence-corrected chi connectivity index (χ2v) is 17.6. The lowest BCUT2D eigenvalue weighted by Gasteiger charge is -2.30. The van der Waals surface area contributed by atoms with E-state index in [0.29, 0.717) is 24.7 Å². The predicted octanol–water partition coefficient (Wildman–Crippen LogP) is 7.79. The molecule has 3 aliphatic rings. The van der Waals surface area contributed by atoms with Gasteiger partial charge in [-0.15, -0.1) is 0 Å². The molecule has 0 aliphatic carbocycles. The van der Waals surface area contributed by atoms with E-state index in [1.807, 2.05) is 49.8 Å². The molecule has 5 atom stereocenters. The number of alkyl carbamates (subject to hydrolysis) is 2. The van der Waals surface area contributed by atoms with E-state index in [1.54, 1.807) is 6.20 Å². The third-order valence-electron chi connectivity index (χ3n) is 12.5. The maximum atomic E-state index is 13.7. The number of ether oxygens (including phenoxy) is 3. The van der Waals surface area contributed by atoms with Gasteiger partial charge >= 0.3 is 12.2 Å². The quantitative estimate of drug-likeness (QED) is 0.0880. The maximum absolute atomic E-state index is 13.7. The molecule has 0 saturated carbocycles. The molecular formula is C46H57N9O7. The van der Waals surface area contributed by atoms with Crippen LogP contribution in [0.25, 0.3) is 44.7 Å². The number of carbonyl (C=O) groups excluding carboxylic acids is 4. The highest BCUT2D eigenvalue weighted by atomic mass is 16.5. The van der Waals surface area contributed by atoms with Gasteiger partial charge in [0.25, 0.3) is 0 Å². The Morgan fingerprint density at radius 1 is 0.726 bits per heavy atom. The smallest absolute Gasteiger partial charge is 0.407 e. The lowest BCUT2D eigenvalue weighted by atomic mass is 9.90. The number of H-pyrrole nitrogens is 3. The lowest BCUT2D eigenvalue weighted by Crippen LogP contribution is -2.51. The number of nitrogens with one attached hydrogen (secondary N) is 5. The summed E-state index contributed by atoms with van der Waals surface area (Å²) in [6.07, 6.45) is 5.31. The Bertz CT molecular complexity index is 2480. The molecule has 2 saturated heterocycles. The van der Waals surface area contributed by atoms with Crippen molar-refractivity contribution in [2.24, 2.45) is 17.8 Å². The first-order valence-corrected chi connectivity index (χ1v) is 21.6. The Labute approximate surface area is 360 Å². The van der Waals surface area contributed by atoms with Gasteiger partial charge < -0.3 is 49.6 Å². The molecule has 2 aromatic carbocycles. The number of aromatic amines is 3. The van der Waals surface area contributed by atoms with Crippen LogP contribution in [0.1, 0.15) is 103 Å². The van der Waals surface area contributed by atoms with Gasteiger partial charge in [-0.2, -0.15) is 0 Å². The first-order valence-electron chi connectivity index (χ1n) is 21.6. The van der Waals surface area contributed by atoms with E-state index in [2.05, 4.69) is 69.8 Å². The summed E-state index contributed by atoms with van der Waals surface area (Å²) in [5.74, 6) is 1.77. The summed E-state index contributed by atoms with van der Waals surface area (Å²) in [5, 5.41) is 6.49. The van der Waals surface area contributed by atoms with Gasteiger partial charge in [-0.3, -0.25) is 9.59 Å². The number of hydrogen-bond donors (Lipinski definition) is 5. The summed E-state index contributed by atoms with van der Waals surface area (Å²) in [6, 6.07) is 10.6. The fraction of sp³-hybridized carbons (Fsp3) is 0.478. The Balaban J connectivity index is 1.05. The van der Waals surface area contributed by atoms with Crippen molar-refractivity contribution in [3.63, 3.8) is 0 Å². The summed E-state index contributed by atoms with van der Waals surface area (Å²) in [7, 11) is 2.58. The van der Waals surface area contributed by atoms with Crippen LogP contribution in [0.3, 0.4) is 0 Å². The summed E-state index contributed by atoms with van der Waals surface area (Å²) in [4.78, 5) is 75.5. The van der Waals surface area contributed by atoms with Gasteiger partial charge in [-0.25, -0.2) is 19.6 Å². The maximum Gasteiger partial charge on any atom is 0.407 e. The first kappa shape index (κ1) is 42.4. The van der Waals surface area contributed by atoms with Crippen molar-refractivity contribution in [3.05, 3.63) is 66.0 Å². The summed E-state index contributed by atoms with van der Waals surface area (Å²) in [6.45, 7) is 13.1. The standard InChI is InChI=1S/C46H57N9O7/c1-23(2)37(52-45(58)60-7)43(56)54-17-9-11-33(54)41-47-21-31(50-41)26-14-16-30-29(19-26)36-39(49-30)28-15-13-27(20-35(28)62-40(36)25(5)6)32-22-48-42(51-32)34-12-10-18-55(34)44(57)38(24(3)4)53-46(59)61-8/h13-16,19-25,33-34,37-38,40,49H,9-12,17-18H2,1-8H3,(H,47,50)(H,48,51)(H,52,58)(H,53,59).